The molecular formula is C25H34N2O2S. The van der Waals surface area contributed by atoms with Gasteiger partial charge in [-0.05, 0) is 62.9 Å². The van der Waals surface area contributed by atoms with Crippen molar-refractivity contribution < 1.29 is 9.90 Å². The van der Waals surface area contributed by atoms with Crippen molar-refractivity contribution >= 4 is 23.4 Å². The average molecular weight is 427 g/mol. The maximum atomic E-state index is 11.5. The Kier molecular flexibility index (Phi) is 7.48. The number of benzene rings is 2. The molecule has 3 atom stereocenters. The van der Waals surface area contributed by atoms with Crippen molar-refractivity contribution in [3.8, 4) is 0 Å². The zero-order valence-corrected chi connectivity index (χ0v) is 19.5. The van der Waals surface area contributed by atoms with E-state index in [1.54, 1.807) is 18.7 Å². The molecule has 0 aromatic heterocycles. The molecule has 1 heterocycles. The van der Waals surface area contributed by atoms with E-state index in [2.05, 4.69) is 86.0 Å². The van der Waals surface area contributed by atoms with Crippen molar-refractivity contribution in [1.82, 2.24) is 4.90 Å². The van der Waals surface area contributed by atoms with Crippen molar-refractivity contribution in [2.24, 2.45) is 5.92 Å². The molecule has 4 nitrogen and oxygen atoms in total. The van der Waals surface area contributed by atoms with Crippen LogP contribution in [0.1, 0.15) is 40.2 Å². The molecule has 3 unspecified atom stereocenters. The van der Waals surface area contributed by atoms with Crippen LogP contribution in [0.5, 0.6) is 0 Å². The first-order chi connectivity index (χ1) is 14.3. The summed E-state index contributed by atoms with van der Waals surface area (Å²) in [6, 6.07) is 17.4. The van der Waals surface area contributed by atoms with Crippen LogP contribution in [0.4, 0.5) is 5.69 Å². The van der Waals surface area contributed by atoms with Crippen molar-refractivity contribution in [3.63, 3.8) is 0 Å². The van der Waals surface area contributed by atoms with Gasteiger partial charge >= 0.3 is 5.97 Å². The molecule has 3 rings (SSSR count). The minimum absolute atomic E-state index is 0.181. The summed E-state index contributed by atoms with van der Waals surface area (Å²) in [7, 11) is 0. The van der Waals surface area contributed by atoms with Gasteiger partial charge in [0.2, 0.25) is 0 Å². The smallest absolute Gasteiger partial charge is 0.320 e. The van der Waals surface area contributed by atoms with E-state index < -0.39 is 12.0 Å². The number of nitrogens with zero attached hydrogens (tertiary/aromatic N) is 2. The van der Waals surface area contributed by atoms with Gasteiger partial charge in [0.15, 0.2) is 0 Å². The Bertz CT molecular complexity index is 852. The fourth-order valence-corrected chi connectivity index (χ4v) is 5.21. The number of rotatable bonds is 7. The summed E-state index contributed by atoms with van der Waals surface area (Å²) in [5.41, 5.74) is 2.62. The lowest BCUT2D eigenvalue weighted by atomic mass is 10.0. The van der Waals surface area contributed by atoms with Crippen molar-refractivity contribution in [3.05, 3.63) is 54.1 Å². The van der Waals surface area contributed by atoms with E-state index in [4.69, 9.17) is 0 Å². The van der Waals surface area contributed by atoms with Gasteiger partial charge in [0.05, 0.1) is 5.69 Å². The molecule has 0 amide bonds. The van der Waals surface area contributed by atoms with Gasteiger partial charge in [-0.3, -0.25) is 9.69 Å². The third-order valence-corrected chi connectivity index (χ3v) is 6.93. The maximum Gasteiger partial charge on any atom is 0.320 e. The maximum absolute atomic E-state index is 11.5. The first kappa shape index (κ1) is 22.7. The molecule has 1 aliphatic heterocycles. The van der Waals surface area contributed by atoms with Crippen LogP contribution in [0, 0.1) is 5.92 Å². The molecule has 1 aliphatic rings. The molecule has 0 saturated carbocycles. The summed E-state index contributed by atoms with van der Waals surface area (Å²) in [6.45, 7) is 12.2. The van der Waals surface area contributed by atoms with Crippen molar-refractivity contribution in [2.75, 3.05) is 18.0 Å². The number of aliphatic carboxylic acids is 1. The predicted molar refractivity (Wildman–Crippen MR) is 126 cm³/mol. The third kappa shape index (κ3) is 5.38. The number of para-hydroxylation sites is 1. The minimum Gasteiger partial charge on any atom is -0.480 e. The molecule has 1 saturated heterocycles. The van der Waals surface area contributed by atoms with Crippen molar-refractivity contribution in [2.45, 2.75) is 69.0 Å². The first-order valence-electron chi connectivity index (χ1n) is 10.9. The molecule has 2 aromatic rings. The molecule has 0 aliphatic carbocycles. The Balaban J connectivity index is 1.77. The largest absolute Gasteiger partial charge is 0.480 e. The summed E-state index contributed by atoms with van der Waals surface area (Å²) in [6.07, 6.45) is 1.11. The van der Waals surface area contributed by atoms with Gasteiger partial charge in [0.25, 0.3) is 0 Å². The second kappa shape index (κ2) is 9.88. The number of piperazine rings is 1. The molecule has 0 spiro atoms. The average Bonchev–Trinajstić information content (AvgIpc) is 2.70. The van der Waals surface area contributed by atoms with Gasteiger partial charge < -0.3 is 10.0 Å². The highest BCUT2D eigenvalue weighted by Gasteiger charge is 2.34. The number of anilines is 1. The summed E-state index contributed by atoms with van der Waals surface area (Å²) >= 11 is 1.80. The number of carboxylic acids is 1. The van der Waals surface area contributed by atoms with E-state index in [9.17, 15) is 9.90 Å². The molecule has 30 heavy (non-hydrogen) atoms. The highest BCUT2D eigenvalue weighted by atomic mass is 32.2. The molecule has 162 valence electrons. The van der Waals surface area contributed by atoms with E-state index in [1.165, 1.54) is 21.0 Å². The summed E-state index contributed by atoms with van der Waals surface area (Å²) < 4.78 is 0. The molecule has 0 bridgehead atoms. The van der Waals surface area contributed by atoms with Gasteiger partial charge in [-0.2, -0.15) is 0 Å². The lowest BCUT2D eigenvalue weighted by Gasteiger charge is -2.47. The van der Waals surface area contributed by atoms with Crippen LogP contribution in [-0.4, -0.2) is 47.2 Å². The van der Waals surface area contributed by atoms with Crippen molar-refractivity contribution in [1.29, 1.82) is 0 Å². The molecule has 1 fully saturated rings. The third-order valence-electron chi connectivity index (χ3n) is 5.86. The summed E-state index contributed by atoms with van der Waals surface area (Å²) in [5.74, 6) is -0.0883. The predicted octanol–water partition coefficient (Wildman–Crippen LogP) is 5.41. The Labute approximate surface area is 185 Å². The van der Waals surface area contributed by atoms with Crippen LogP contribution in [0.15, 0.2) is 58.3 Å². The highest BCUT2D eigenvalue weighted by Crippen LogP contribution is 2.37. The molecule has 2 aromatic carbocycles. The topological polar surface area (TPSA) is 43.8 Å². The first-order valence-corrected chi connectivity index (χ1v) is 11.7. The second-order valence-electron chi connectivity index (χ2n) is 8.87. The summed E-state index contributed by atoms with van der Waals surface area (Å²) in [4.78, 5) is 18.5. The lowest BCUT2D eigenvalue weighted by molar-refractivity contribution is -0.143. The number of carbonyl (C=O) groups is 1. The van der Waals surface area contributed by atoms with E-state index in [-0.39, 0.29) is 12.1 Å². The standard InChI is InChI=1S/C25H34N2O2S/c1-17(2)14-21-10-12-22(13-11-21)30-24-9-7-6-8-23(24)27-16-18(3)26(15-19(27)4)20(5)25(28)29/h6-13,17-20H,14-16H2,1-5H3,(H,28,29). The van der Waals surface area contributed by atoms with Crippen LogP contribution >= 0.6 is 11.8 Å². The number of hydrogen-bond donors (Lipinski definition) is 1. The minimum atomic E-state index is -0.751. The van der Waals surface area contributed by atoms with Crippen LogP contribution in [0.2, 0.25) is 0 Å². The second-order valence-corrected chi connectivity index (χ2v) is 9.99. The zero-order valence-electron chi connectivity index (χ0n) is 18.7. The molecule has 0 radical (unpaired) electrons. The van der Waals surface area contributed by atoms with Crippen LogP contribution in [-0.2, 0) is 11.2 Å². The highest BCUT2D eigenvalue weighted by molar-refractivity contribution is 7.99. The molecule has 5 heteroatoms. The van der Waals surface area contributed by atoms with Crippen LogP contribution in [0.25, 0.3) is 0 Å². The number of carboxylic acid groups (broad SMARTS) is 1. The van der Waals surface area contributed by atoms with E-state index in [0.29, 0.717) is 5.92 Å². The molecule has 1 N–H and O–H groups in total. The normalized spacial score (nSPS) is 21.1. The zero-order chi connectivity index (χ0) is 21.8. The fraction of sp³-hybridized carbons (Fsp3) is 0.480. The van der Waals surface area contributed by atoms with Gasteiger partial charge in [0.1, 0.15) is 6.04 Å². The van der Waals surface area contributed by atoms with Crippen LogP contribution in [0.3, 0.4) is 0 Å². The van der Waals surface area contributed by atoms with E-state index in [0.717, 1.165) is 19.5 Å². The lowest BCUT2D eigenvalue weighted by Crippen LogP contribution is -2.60. The Morgan fingerprint density at radius 3 is 2.33 bits per heavy atom. The number of hydrogen-bond acceptors (Lipinski definition) is 4. The Morgan fingerprint density at radius 2 is 1.70 bits per heavy atom. The van der Waals surface area contributed by atoms with Gasteiger partial charge in [-0.25, -0.2) is 0 Å². The van der Waals surface area contributed by atoms with E-state index >= 15 is 0 Å². The quantitative estimate of drug-likeness (QED) is 0.641. The summed E-state index contributed by atoms with van der Waals surface area (Å²) in [5, 5.41) is 9.44. The molecular weight excluding hydrogens is 392 g/mol. The van der Waals surface area contributed by atoms with Gasteiger partial charge in [0, 0.05) is 35.0 Å². The van der Waals surface area contributed by atoms with Gasteiger partial charge in [-0.15, -0.1) is 0 Å². The SMILES string of the molecule is CC(C)Cc1ccc(Sc2ccccc2N2CC(C)N(C(C)C(=O)O)CC2C)cc1. The monoisotopic (exact) mass is 426 g/mol. The van der Waals surface area contributed by atoms with Gasteiger partial charge in [-0.1, -0.05) is 49.9 Å². The Hall–Kier alpha value is -1.98. The fourth-order valence-electron chi connectivity index (χ4n) is 4.24. The van der Waals surface area contributed by atoms with Crippen LogP contribution < -0.4 is 4.90 Å². The van der Waals surface area contributed by atoms with E-state index in [1.807, 2.05) is 0 Å². The Morgan fingerprint density at radius 1 is 1.03 bits per heavy atom.